The van der Waals surface area contributed by atoms with Crippen molar-refractivity contribution in [1.82, 2.24) is 4.90 Å². The molecule has 1 aliphatic rings. The van der Waals surface area contributed by atoms with E-state index in [0.717, 1.165) is 13.1 Å². The zero-order valence-electron chi connectivity index (χ0n) is 11.5. The fourth-order valence-corrected chi connectivity index (χ4v) is 2.14. The third-order valence-corrected chi connectivity index (χ3v) is 3.41. The van der Waals surface area contributed by atoms with Crippen molar-refractivity contribution in [2.24, 2.45) is 16.6 Å². The Labute approximate surface area is 105 Å². The van der Waals surface area contributed by atoms with Crippen molar-refractivity contribution in [2.45, 2.75) is 45.6 Å². The van der Waals surface area contributed by atoms with E-state index in [1.807, 2.05) is 0 Å². The number of hydrogen-bond acceptors (Lipinski definition) is 2. The van der Waals surface area contributed by atoms with Gasteiger partial charge in [0.05, 0.1) is 12.6 Å². The van der Waals surface area contributed by atoms with Gasteiger partial charge < -0.3 is 15.4 Å². The van der Waals surface area contributed by atoms with Gasteiger partial charge in [-0.3, -0.25) is 4.99 Å². The first-order valence-electron chi connectivity index (χ1n) is 6.72. The molecule has 0 bridgehead atoms. The number of methoxy groups -OCH3 is 1. The molecule has 0 amide bonds. The van der Waals surface area contributed by atoms with Crippen LogP contribution in [0.5, 0.6) is 0 Å². The lowest BCUT2D eigenvalue weighted by Crippen LogP contribution is -2.39. The standard InChI is InChI=1S/C13H27N3O/c1-11(2)12(17-3)10-15-13(14)16-8-6-4-5-7-9-16/h11-12H,4-10H2,1-3H3,(H2,14,15)/t12-/m0/s1. The predicted octanol–water partition coefficient (Wildman–Crippen LogP) is 1.85. The van der Waals surface area contributed by atoms with Gasteiger partial charge in [-0.2, -0.15) is 0 Å². The van der Waals surface area contributed by atoms with E-state index in [9.17, 15) is 0 Å². The Morgan fingerprint density at radius 1 is 1.24 bits per heavy atom. The summed E-state index contributed by atoms with van der Waals surface area (Å²) < 4.78 is 5.39. The van der Waals surface area contributed by atoms with Gasteiger partial charge in [0.15, 0.2) is 5.96 Å². The lowest BCUT2D eigenvalue weighted by atomic mass is 10.1. The van der Waals surface area contributed by atoms with Crippen LogP contribution < -0.4 is 5.73 Å². The monoisotopic (exact) mass is 241 g/mol. The van der Waals surface area contributed by atoms with E-state index >= 15 is 0 Å². The van der Waals surface area contributed by atoms with Crippen LogP contribution in [0.4, 0.5) is 0 Å². The molecule has 0 saturated carbocycles. The zero-order chi connectivity index (χ0) is 12.7. The average molecular weight is 241 g/mol. The first-order chi connectivity index (χ1) is 8.15. The molecule has 0 radical (unpaired) electrons. The van der Waals surface area contributed by atoms with Crippen LogP contribution in [0.2, 0.25) is 0 Å². The Morgan fingerprint density at radius 2 is 1.82 bits per heavy atom. The minimum Gasteiger partial charge on any atom is -0.379 e. The maximum absolute atomic E-state index is 6.04. The fraction of sp³-hybridized carbons (Fsp3) is 0.923. The number of rotatable bonds is 4. The van der Waals surface area contributed by atoms with E-state index < -0.39 is 0 Å². The van der Waals surface area contributed by atoms with Crippen molar-refractivity contribution < 1.29 is 4.74 Å². The van der Waals surface area contributed by atoms with E-state index in [1.54, 1.807) is 7.11 Å². The Balaban J connectivity index is 2.46. The van der Waals surface area contributed by atoms with E-state index in [0.29, 0.717) is 18.4 Å². The summed E-state index contributed by atoms with van der Waals surface area (Å²) >= 11 is 0. The number of hydrogen-bond donors (Lipinski definition) is 1. The van der Waals surface area contributed by atoms with Crippen molar-refractivity contribution in [3.05, 3.63) is 0 Å². The molecule has 0 spiro atoms. The number of guanidine groups is 1. The molecule has 4 nitrogen and oxygen atoms in total. The largest absolute Gasteiger partial charge is 0.379 e. The molecule has 1 rings (SSSR count). The molecule has 17 heavy (non-hydrogen) atoms. The molecule has 1 aliphatic heterocycles. The molecule has 0 unspecified atom stereocenters. The Hall–Kier alpha value is -0.770. The summed E-state index contributed by atoms with van der Waals surface area (Å²) in [7, 11) is 1.74. The molecule has 100 valence electrons. The van der Waals surface area contributed by atoms with Crippen LogP contribution in [0.1, 0.15) is 39.5 Å². The van der Waals surface area contributed by atoms with Crippen LogP contribution in [-0.2, 0) is 4.74 Å². The first kappa shape index (κ1) is 14.3. The van der Waals surface area contributed by atoms with Gasteiger partial charge in [0.2, 0.25) is 0 Å². The highest BCUT2D eigenvalue weighted by Gasteiger charge is 2.14. The van der Waals surface area contributed by atoms with E-state index in [-0.39, 0.29) is 6.10 Å². The summed E-state index contributed by atoms with van der Waals surface area (Å²) in [5.74, 6) is 1.16. The topological polar surface area (TPSA) is 50.9 Å². The molecule has 0 aromatic heterocycles. The molecule has 0 aliphatic carbocycles. The lowest BCUT2D eigenvalue weighted by Gasteiger charge is -2.22. The van der Waals surface area contributed by atoms with Gasteiger partial charge in [-0.1, -0.05) is 26.7 Å². The summed E-state index contributed by atoms with van der Waals surface area (Å²) in [6, 6.07) is 0. The number of likely N-dealkylation sites (tertiary alicyclic amines) is 1. The SMILES string of the molecule is CO[C@@H](CN=C(N)N1CCCCCC1)C(C)C. The zero-order valence-corrected chi connectivity index (χ0v) is 11.5. The molecular weight excluding hydrogens is 214 g/mol. The minimum atomic E-state index is 0.167. The molecule has 1 atom stereocenters. The second kappa shape index (κ2) is 7.54. The summed E-state index contributed by atoms with van der Waals surface area (Å²) in [6.07, 6.45) is 5.26. The molecule has 0 aromatic rings. The van der Waals surface area contributed by atoms with Gasteiger partial charge in [0.25, 0.3) is 0 Å². The Morgan fingerprint density at radius 3 is 2.29 bits per heavy atom. The summed E-state index contributed by atoms with van der Waals surface area (Å²) in [5.41, 5.74) is 6.04. The van der Waals surface area contributed by atoms with Crippen LogP contribution in [-0.4, -0.2) is 43.7 Å². The first-order valence-corrected chi connectivity index (χ1v) is 6.72. The third kappa shape index (κ3) is 4.94. The molecule has 1 saturated heterocycles. The van der Waals surface area contributed by atoms with E-state index in [1.165, 1.54) is 25.7 Å². The smallest absolute Gasteiger partial charge is 0.191 e. The second-order valence-corrected chi connectivity index (χ2v) is 5.12. The van der Waals surface area contributed by atoms with Gasteiger partial charge in [-0.05, 0) is 18.8 Å². The van der Waals surface area contributed by atoms with E-state index in [4.69, 9.17) is 10.5 Å². The third-order valence-electron chi connectivity index (χ3n) is 3.41. The number of nitrogens with two attached hydrogens (primary N) is 1. The van der Waals surface area contributed by atoms with E-state index in [2.05, 4.69) is 23.7 Å². The van der Waals surface area contributed by atoms with Crippen molar-refractivity contribution in [3.8, 4) is 0 Å². The van der Waals surface area contributed by atoms with Crippen LogP contribution >= 0.6 is 0 Å². The Kier molecular flexibility index (Phi) is 6.34. The summed E-state index contributed by atoms with van der Waals surface area (Å²) in [5, 5.41) is 0. The predicted molar refractivity (Wildman–Crippen MR) is 72.2 cm³/mol. The normalized spacial score (nSPS) is 20.5. The second-order valence-electron chi connectivity index (χ2n) is 5.12. The van der Waals surface area contributed by atoms with Gasteiger partial charge in [0.1, 0.15) is 0 Å². The quantitative estimate of drug-likeness (QED) is 0.603. The maximum Gasteiger partial charge on any atom is 0.191 e. The number of nitrogens with zero attached hydrogens (tertiary/aromatic N) is 2. The molecule has 0 aromatic carbocycles. The van der Waals surface area contributed by atoms with Crippen molar-refractivity contribution >= 4 is 5.96 Å². The highest BCUT2D eigenvalue weighted by Crippen LogP contribution is 2.10. The van der Waals surface area contributed by atoms with Crippen LogP contribution in [0, 0.1) is 5.92 Å². The molecule has 1 fully saturated rings. The fourth-order valence-electron chi connectivity index (χ4n) is 2.14. The Bertz CT molecular complexity index is 233. The summed E-state index contributed by atoms with van der Waals surface area (Å²) in [4.78, 5) is 6.69. The number of ether oxygens (including phenoxy) is 1. The number of aliphatic imine (C=N–C) groups is 1. The molecule has 1 heterocycles. The van der Waals surface area contributed by atoms with Gasteiger partial charge in [-0.15, -0.1) is 0 Å². The van der Waals surface area contributed by atoms with Crippen molar-refractivity contribution in [2.75, 3.05) is 26.7 Å². The van der Waals surface area contributed by atoms with Crippen molar-refractivity contribution in [3.63, 3.8) is 0 Å². The van der Waals surface area contributed by atoms with Crippen LogP contribution in [0.25, 0.3) is 0 Å². The molecular formula is C13H27N3O. The lowest BCUT2D eigenvalue weighted by molar-refractivity contribution is 0.0722. The molecule has 2 N–H and O–H groups in total. The average Bonchev–Trinajstić information content (AvgIpc) is 2.57. The highest BCUT2D eigenvalue weighted by atomic mass is 16.5. The van der Waals surface area contributed by atoms with Crippen LogP contribution in [0.3, 0.4) is 0 Å². The van der Waals surface area contributed by atoms with Gasteiger partial charge in [-0.25, -0.2) is 0 Å². The highest BCUT2D eigenvalue weighted by molar-refractivity contribution is 5.78. The van der Waals surface area contributed by atoms with Crippen molar-refractivity contribution in [1.29, 1.82) is 0 Å². The maximum atomic E-state index is 6.04. The summed E-state index contributed by atoms with van der Waals surface area (Å²) in [6.45, 7) is 7.05. The van der Waals surface area contributed by atoms with Gasteiger partial charge >= 0.3 is 0 Å². The minimum absolute atomic E-state index is 0.167. The van der Waals surface area contributed by atoms with Crippen LogP contribution in [0.15, 0.2) is 4.99 Å². The van der Waals surface area contributed by atoms with Gasteiger partial charge in [0, 0.05) is 20.2 Å². The molecule has 4 heteroatoms.